The Hall–Kier alpha value is -1.98. The van der Waals surface area contributed by atoms with Crippen LogP contribution < -0.4 is 10.6 Å². The van der Waals surface area contributed by atoms with Gasteiger partial charge in [0.25, 0.3) is 0 Å². The minimum Gasteiger partial charge on any atom is -0.341 e. The molecule has 2 aromatic heterocycles. The third-order valence-electron chi connectivity index (χ3n) is 5.01. The predicted molar refractivity (Wildman–Crippen MR) is 106 cm³/mol. The van der Waals surface area contributed by atoms with Crippen molar-refractivity contribution in [3.8, 4) is 11.1 Å². The number of anilines is 1. The average molecular weight is 353 g/mol. The Morgan fingerprint density at radius 3 is 2.72 bits per heavy atom. The summed E-state index contributed by atoms with van der Waals surface area (Å²) in [7, 11) is 0. The number of aromatic nitrogens is 2. The Kier molecular flexibility index (Phi) is 4.68. The standard InChI is InChI=1S/C20H24N4S/c1-14(21)11-15-7-9-24(10-8-15)20-22-12-17-18(13-25-19(17)23-20)16-5-3-2-4-6-16/h2-6,12-15H,7-11,21H2,1H3. The lowest BCUT2D eigenvalue weighted by atomic mass is 9.91. The summed E-state index contributed by atoms with van der Waals surface area (Å²) in [5, 5.41) is 3.33. The molecule has 4 nitrogen and oxygen atoms in total. The first-order valence-electron chi connectivity index (χ1n) is 9.01. The third-order valence-corrected chi connectivity index (χ3v) is 5.89. The minimum atomic E-state index is 0.298. The molecule has 3 aromatic rings. The van der Waals surface area contributed by atoms with Crippen LogP contribution in [0.25, 0.3) is 21.3 Å². The normalized spacial score (nSPS) is 17.1. The number of rotatable bonds is 4. The van der Waals surface area contributed by atoms with Crippen LogP contribution in [-0.4, -0.2) is 29.1 Å². The summed E-state index contributed by atoms with van der Waals surface area (Å²) in [6.07, 6.45) is 5.48. The van der Waals surface area contributed by atoms with Gasteiger partial charge in [-0.25, -0.2) is 9.97 Å². The van der Waals surface area contributed by atoms with Crippen molar-refractivity contribution in [3.63, 3.8) is 0 Å². The van der Waals surface area contributed by atoms with E-state index in [0.29, 0.717) is 6.04 Å². The molecule has 130 valence electrons. The molecule has 5 heteroatoms. The fourth-order valence-electron chi connectivity index (χ4n) is 3.70. The van der Waals surface area contributed by atoms with Crippen LogP contribution in [0.15, 0.2) is 41.9 Å². The van der Waals surface area contributed by atoms with E-state index in [1.54, 1.807) is 11.3 Å². The monoisotopic (exact) mass is 352 g/mol. The van der Waals surface area contributed by atoms with Gasteiger partial charge in [-0.2, -0.15) is 0 Å². The van der Waals surface area contributed by atoms with E-state index in [0.717, 1.165) is 41.6 Å². The number of nitrogens with zero attached hydrogens (tertiary/aromatic N) is 3. The third kappa shape index (κ3) is 3.53. The van der Waals surface area contributed by atoms with Gasteiger partial charge in [-0.05, 0) is 37.7 Å². The second-order valence-corrected chi connectivity index (χ2v) is 7.91. The molecular formula is C20H24N4S. The molecule has 1 saturated heterocycles. The van der Waals surface area contributed by atoms with Crippen LogP contribution in [0.5, 0.6) is 0 Å². The smallest absolute Gasteiger partial charge is 0.226 e. The number of hydrogen-bond acceptors (Lipinski definition) is 5. The summed E-state index contributed by atoms with van der Waals surface area (Å²) in [5.41, 5.74) is 8.39. The van der Waals surface area contributed by atoms with Gasteiger partial charge >= 0.3 is 0 Å². The molecule has 1 aliphatic rings. The van der Waals surface area contributed by atoms with Gasteiger partial charge in [0.1, 0.15) is 4.83 Å². The molecule has 0 spiro atoms. The Labute approximate surface area is 152 Å². The van der Waals surface area contributed by atoms with Crippen LogP contribution in [0.1, 0.15) is 26.2 Å². The molecule has 0 amide bonds. The fraction of sp³-hybridized carbons (Fsp3) is 0.400. The van der Waals surface area contributed by atoms with E-state index in [1.165, 1.54) is 24.0 Å². The number of piperidine rings is 1. The minimum absolute atomic E-state index is 0.298. The van der Waals surface area contributed by atoms with Crippen LogP contribution in [0, 0.1) is 5.92 Å². The van der Waals surface area contributed by atoms with Gasteiger partial charge in [0, 0.05) is 41.7 Å². The van der Waals surface area contributed by atoms with Crippen molar-refractivity contribution >= 4 is 27.5 Å². The molecule has 1 aliphatic heterocycles. The van der Waals surface area contributed by atoms with Gasteiger partial charge in [-0.1, -0.05) is 30.3 Å². The Bertz CT molecular complexity index is 835. The number of nitrogens with two attached hydrogens (primary N) is 1. The molecular weight excluding hydrogens is 328 g/mol. The molecule has 0 bridgehead atoms. The molecule has 25 heavy (non-hydrogen) atoms. The van der Waals surface area contributed by atoms with Crippen molar-refractivity contribution in [2.24, 2.45) is 11.7 Å². The summed E-state index contributed by atoms with van der Waals surface area (Å²) in [4.78, 5) is 12.9. The van der Waals surface area contributed by atoms with Gasteiger partial charge in [0.05, 0.1) is 0 Å². The van der Waals surface area contributed by atoms with Crippen LogP contribution in [-0.2, 0) is 0 Å². The zero-order valence-corrected chi connectivity index (χ0v) is 15.4. The second kappa shape index (κ2) is 7.10. The van der Waals surface area contributed by atoms with Crippen molar-refractivity contribution in [1.82, 2.24) is 9.97 Å². The highest BCUT2D eigenvalue weighted by atomic mass is 32.1. The zero-order chi connectivity index (χ0) is 17.2. The van der Waals surface area contributed by atoms with Crippen LogP contribution in [0.3, 0.4) is 0 Å². The molecule has 0 aliphatic carbocycles. The fourth-order valence-corrected chi connectivity index (χ4v) is 4.61. The molecule has 1 fully saturated rings. The van der Waals surface area contributed by atoms with Gasteiger partial charge in [0.15, 0.2) is 0 Å². The molecule has 4 rings (SSSR count). The van der Waals surface area contributed by atoms with E-state index in [2.05, 4.69) is 46.5 Å². The molecule has 1 atom stereocenters. The topological polar surface area (TPSA) is 55.0 Å². The van der Waals surface area contributed by atoms with Crippen molar-refractivity contribution in [2.45, 2.75) is 32.2 Å². The summed E-state index contributed by atoms with van der Waals surface area (Å²) in [6, 6.07) is 10.8. The number of fused-ring (bicyclic) bond motifs is 1. The molecule has 0 saturated carbocycles. The van der Waals surface area contributed by atoms with E-state index in [-0.39, 0.29) is 0 Å². The van der Waals surface area contributed by atoms with Crippen molar-refractivity contribution in [2.75, 3.05) is 18.0 Å². The van der Waals surface area contributed by atoms with Gasteiger partial charge in [-0.3, -0.25) is 0 Å². The van der Waals surface area contributed by atoms with Crippen LogP contribution in [0.4, 0.5) is 5.95 Å². The lowest BCUT2D eigenvalue weighted by Gasteiger charge is -2.32. The van der Waals surface area contributed by atoms with E-state index in [4.69, 9.17) is 10.7 Å². The van der Waals surface area contributed by atoms with Crippen molar-refractivity contribution in [3.05, 3.63) is 41.9 Å². The highest BCUT2D eigenvalue weighted by Gasteiger charge is 2.22. The van der Waals surface area contributed by atoms with Crippen LogP contribution >= 0.6 is 11.3 Å². The first-order chi connectivity index (χ1) is 12.2. The molecule has 3 heterocycles. The second-order valence-electron chi connectivity index (χ2n) is 7.05. The summed E-state index contributed by atoms with van der Waals surface area (Å²) >= 11 is 1.70. The maximum absolute atomic E-state index is 5.94. The lowest BCUT2D eigenvalue weighted by Crippen LogP contribution is -2.36. The lowest BCUT2D eigenvalue weighted by molar-refractivity contribution is 0.358. The van der Waals surface area contributed by atoms with Crippen molar-refractivity contribution in [1.29, 1.82) is 0 Å². The van der Waals surface area contributed by atoms with Gasteiger partial charge < -0.3 is 10.6 Å². The zero-order valence-electron chi connectivity index (χ0n) is 14.6. The van der Waals surface area contributed by atoms with E-state index >= 15 is 0 Å². The van der Waals surface area contributed by atoms with Crippen LogP contribution in [0.2, 0.25) is 0 Å². The van der Waals surface area contributed by atoms with Gasteiger partial charge in [-0.15, -0.1) is 11.3 Å². The molecule has 0 radical (unpaired) electrons. The Morgan fingerprint density at radius 2 is 2.00 bits per heavy atom. The maximum atomic E-state index is 5.94. The maximum Gasteiger partial charge on any atom is 0.226 e. The largest absolute Gasteiger partial charge is 0.341 e. The highest BCUT2D eigenvalue weighted by molar-refractivity contribution is 7.17. The number of thiophene rings is 1. The summed E-state index contributed by atoms with van der Waals surface area (Å²) < 4.78 is 0. The predicted octanol–water partition coefficient (Wildman–Crippen LogP) is 4.31. The SMILES string of the molecule is CC(N)CC1CCN(c2ncc3c(-c4ccccc4)csc3n2)CC1. The molecule has 1 unspecified atom stereocenters. The quantitative estimate of drug-likeness (QED) is 0.760. The van der Waals surface area contributed by atoms with Crippen molar-refractivity contribution < 1.29 is 0 Å². The first-order valence-corrected chi connectivity index (χ1v) is 9.89. The molecule has 1 aromatic carbocycles. The first kappa shape index (κ1) is 16.5. The Balaban J connectivity index is 1.53. The highest BCUT2D eigenvalue weighted by Crippen LogP contribution is 2.33. The average Bonchev–Trinajstić information content (AvgIpc) is 3.06. The number of benzene rings is 1. The summed E-state index contributed by atoms with van der Waals surface area (Å²) in [6.45, 7) is 4.16. The van der Waals surface area contributed by atoms with Gasteiger partial charge in [0.2, 0.25) is 5.95 Å². The summed E-state index contributed by atoms with van der Waals surface area (Å²) in [5.74, 6) is 1.61. The van der Waals surface area contributed by atoms with E-state index < -0.39 is 0 Å². The number of hydrogen-bond donors (Lipinski definition) is 1. The molecule has 2 N–H and O–H groups in total. The van der Waals surface area contributed by atoms with E-state index in [1.807, 2.05) is 12.3 Å². The Morgan fingerprint density at radius 1 is 1.24 bits per heavy atom. The van der Waals surface area contributed by atoms with E-state index in [9.17, 15) is 0 Å².